The van der Waals surface area contributed by atoms with Gasteiger partial charge in [-0.2, -0.15) is 0 Å². The largest absolute Gasteiger partial charge is 0.392 e. The molecule has 0 aromatic heterocycles. The van der Waals surface area contributed by atoms with Crippen LogP contribution in [0.1, 0.15) is 377 Å². The molecular formula is C110H170O10Si2. The summed E-state index contributed by atoms with van der Waals surface area (Å²) in [5.74, 6) is -5.26. The number of ketones is 4. The van der Waals surface area contributed by atoms with Gasteiger partial charge in [0.1, 0.15) is 0 Å². The van der Waals surface area contributed by atoms with Crippen LogP contribution in [0.15, 0.2) is 219 Å². The van der Waals surface area contributed by atoms with Gasteiger partial charge >= 0.3 is 0 Å². The number of carbonyl (C=O) groups excluding carboxylic acids is 4. The molecule has 0 saturated heterocycles. The molecule has 0 aliphatic rings. The zero-order valence-corrected chi connectivity index (χ0v) is 80.2. The van der Waals surface area contributed by atoms with Crippen molar-refractivity contribution in [1.29, 1.82) is 0 Å². The molecule has 0 saturated carbocycles. The van der Waals surface area contributed by atoms with Crippen LogP contribution in [0.4, 0.5) is 0 Å². The molecule has 0 bridgehead atoms. The first-order valence-electron chi connectivity index (χ1n) is 48.7. The number of allylic oxidation sites excluding steroid dienone is 16. The summed E-state index contributed by atoms with van der Waals surface area (Å²) in [6.07, 6.45) is 69.6. The first-order valence-corrected chi connectivity index (χ1v) is 52.9. The summed E-state index contributed by atoms with van der Waals surface area (Å²) in [6.45, 7) is 20.2. The van der Waals surface area contributed by atoms with Crippen LogP contribution in [0.3, 0.4) is 0 Å². The third-order valence-electron chi connectivity index (χ3n) is 25.6. The van der Waals surface area contributed by atoms with E-state index in [1.54, 1.807) is 48.5 Å². The Balaban J connectivity index is 2.17. The van der Waals surface area contributed by atoms with E-state index in [9.17, 15) is 0 Å². The normalized spacial score (nSPS) is 15.4. The van der Waals surface area contributed by atoms with E-state index in [1.807, 2.05) is 114 Å². The molecule has 0 amide bonds. The van der Waals surface area contributed by atoms with Crippen molar-refractivity contribution in [3.63, 3.8) is 0 Å². The highest BCUT2D eigenvalue weighted by molar-refractivity contribution is 7.06. The lowest BCUT2D eigenvalue weighted by Crippen LogP contribution is -2.93. The van der Waals surface area contributed by atoms with Crippen LogP contribution >= 0.6 is 0 Å². The van der Waals surface area contributed by atoms with Crippen molar-refractivity contribution in [2.45, 2.75) is 421 Å². The van der Waals surface area contributed by atoms with Gasteiger partial charge in [0.15, 0.2) is 50.5 Å². The molecule has 0 aliphatic heterocycles. The monoisotopic (exact) mass is 1710 g/mol. The first kappa shape index (κ1) is 108. The van der Waals surface area contributed by atoms with Crippen molar-refractivity contribution in [3.05, 3.63) is 219 Å². The van der Waals surface area contributed by atoms with Crippen molar-refractivity contribution in [2.75, 3.05) is 0 Å². The van der Waals surface area contributed by atoms with Crippen LogP contribution < -0.4 is 20.7 Å². The third kappa shape index (κ3) is 32.5. The average molecular weight is 1710 g/mol. The van der Waals surface area contributed by atoms with Crippen LogP contribution in [-0.4, -0.2) is 104 Å². The average Bonchev–Trinajstić information content (AvgIpc) is 0.664. The van der Waals surface area contributed by atoms with Crippen LogP contribution in [-0.2, 0) is 19.2 Å². The fraction of sp³-hybridized carbons (Fsp3) is 0.600. The van der Waals surface area contributed by atoms with Crippen molar-refractivity contribution in [1.82, 2.24) is 0 Å². The SMILES string of the molecule is CCCCC/C=C\C/C=C\CCCCCCCC(=O)[C@](O)([C@@](O)(C(=O)CCCCCCC/C=C\C/C=C\CCCCC)[C@@](O)(C(=O)CCCCCCC/C=C\C/C=C\CCCCC)C(O)[Si](c1ccccc1)(c1ccccc1)C(C)(C)C)[C@@](O)(C(=O)CCCCCCC/C=C\C/C=C\CCCCC)C(O)[Si](c1ccccc1)(c1ccccc1)C(C)(C)C. The van der Waals surface area contributed by atoms with Crippen molar-refractivity contribution < 1.29 is 49.8 Å². The maximum atomic E-state index is 17.6. The number of hydrogen-bond donors (Lipinski definition) is 6. The molecule has 4 aromatic rings. The molecule has 0 heterocycles. The van der Waals surface area contributed by atoms with Gasteiger partial charge in [-0.1, -0.05) is 437 Å². The summed E-state index contributed by atoms with van der Waals surface area (Å²) in [4.78, 5) is 69.8. The van der Waals surface area contributed by atoms with Gasteiger partial charge in [0.25, 0.3) is 0 Å². The number of aliphatic hydroxyl groups is 6. The van der Waals surface area contributed by atoms with E-state index in [1.165, 1.54) is 77.0 Å². The number of hydrogen-bond acceptors (Lipinski definition) is 10. The molecule has 122 heavy (non-hydrogen) atoms. The lowest BCUT2D eigenvalue weighted by molar-refractivity contribution is -0.283. The first-order chi connectivity index (χ1) is 58.9. The predicted molar refractivity (Wildman–Crippen MR) is 525 cm³/mol. The van der Waals surface area contributed by atoms with Crippen molar-refractivity contribution >= 4 is 60.0 Å². The number of carbonyl (C=O) groups is 4. The summed E-state index contributed by atoms with van der Waals surface area (Å²) >= 11 is 0. The second-order valence-corrected chi connectivity index (χ2v) is 46.6. The van der Waals surface area contributed by atoms with Gasteiger partial charge in [0.2, 0.25) is 11.2 Å². The van der Waals surface area contributed by atoms with Crippen LogP contribution in [0, 0.1) is 0 Å². The number of unbranched alkanes of at least 4 members (excludes halogenated alkanes) is 32. The van der Waals surface area contributed by atoms with E-state index < -0.39 is 109 Å². The molecule has 0 spiro atoms. The molecule has 2 unspecified atom stereocenters. The van der Waals surface area contributed by atoms with Gasteiger partial charge in [-0.3, -0.25) is 19.2 Å². The quantitative estimate of drug-likeness (QED) is 0.0141. The molecule has 678 valence electrons. The maximum Gasteiger partial charge on any atom is 0.200 e. The van der Waals surface area contributed by atoms with Gasteiger partial charge in [0, 0.05) is 25.7 Å². The summed E-state index contributed by atoms with van der Waals surface area (Å²) in [6, 6.07) is 36.3. The molecule has 0 fully saturated rings. The van der Waals surface area contributed by atoms with E-state index in [-0.39, 0.29) is 25.7 Å². The highest BCUT2D eigenvalue weighted by Gasteiger charge is 2.84. The minimum atomic E-state index is -4.59. The van der Waals surface area contributed by atoms with Gasteiger partial charge in [-0.05, 0) is 164 Å². The summed E-state index contributed by atoms with van der Waals surface area (Å²) in [7, 11) is -9.19. The third-order valence-corrected chi connectivity index (χ3v) is 37.8. The van der Waals surface area contributed by atoms with Gasteiger partial charge in [-0.25, -0.2) is 0 Å². The Kier molecular flexibility index (Phi) is 54.1. The van der Waals surface area contributed by atoms with E-state index in [4.69, 9.17) is 0 Å². The van der Waals surface area contributed by atoms with Crippen LogP contribution in [0.25, 0.3) is 0 Å². The lowest BCUT2D eigenvalue weighted by Gasteiger charge is -2.62. The Labute approximate surface area is 745 Å². The zero-order valence-electron chi connectivity index (χ0n) is 78.2. The summed E-state index contributed by atoms with van der Waals surface area (Å²) in [5.41, 5.74) is -21.6. The summed E-state index contributed by atoms with van der Waals surface area (Å²) < 4.78 is 0. The number of Topliss-reactive ketones (excluding diaryl/α,β-unsaturated/α-hetero) is 4. The van der Waals surface area contributed by atoms with Gasteiger partial charge < -0.3 is 30.6 Å². The zero-order chi connectivity index (χ0) is 89.2. The van der Waals surface area contributed by atoms with E-state index in [2.05, 4.69) is 125 Å². The van der Waals surface area contributed by atoms with E-state index in [0.717, 1.165) is 128 Å². The van der Waals surface area contributed by atoms with Crippen molar-refractivity contribution in [3.8, 4) is 0 Å². The number of benzene rings is 4. The van der Waals surface area contributed by atoms with E-state index in [0.29, 0.717) is 72.1 Å². The topological polar surface area (TPSA) is 190 Å². The minimum absolute atomic E-state index is 0.0229. The second-order valence-electron chi connectivity index (χ2n) is 37.0. The Hall–Kier alpha value is -6.33. The molecule has 6 atom stereocenters. The maximum absolute atomic E-state index is 17.6. The Morgan fingerprint density at radius 3 is 0.615 bits per heavy atom. The molecular weight excluding hydrogens is 1540 g/mol. The molecule has 4 aromatic carbocycles. The highest BCUT2D eigenvalue weighted by atomic mass is 28.3. The molecule has 10 nitrogen and oxygen atoms in total. The summed E-state index contributed by atoms with van der Waals surface area (Å²) in [5, 5.41) is 92.9. The Bertz CT molecular complexity index is 3370. The van der Waals surface area contributed by atoms with E-state index >= 15 is 49.8 Å². The minimum Gasteiger partial charge on any atom is -0.392 e. The fourth-order valence-corrected chi connectivity index (χ4v) is 30.5. The lowest BCUT2D eigenvalue weighted by atomic mass is 9.56. The highest BCUT2D eigenvalue weighted by Crippen LogP contribution is 2.55. The van der Waals surface area contributed by atoms with Crippen LogP contribution in [0.5, 0.6) is 0 Å². The standard InChI is InChI=1S/C110H170O10Si2/c1-11-15-19-23-27-31-35-39-43-47-51-55-59-63-79-91-99(111)107(117,103(115)121(105(5,6)7,95-83-71-67-72-84-95)96-85-73-68-74-86-96)109(119,101(113)93-81-65-61-57-53-49-45-41-37-33-29-25-21-17-13-3)110(120,102(114)94-82-66-62-58-54-50-46-42-38-34-30-26-22-18-14-4)108(118,100(112)92-80-64-60-56-52-48-44-40-36-32-28-24-20-16-12-2)104(116)122(106(8,9)10,97-87-75-69-76-88-97)98-89-77-70-78-90-98/h27-34,39-46,67-78,83-90,103-104,115-120H,11-26,35-38,47-66,79-82,91-94H2,1-10H3/b31-27-,32-28-,33-29-,34-30-,43-39-,44-40-,45-41-,46-42-/t103?,104?,107-,108-,109-,110-/m1/s1. The van der Waals surface area contributed by atoms with Crippen molar-refractivity contribution in [2.24, 2.45) is 0 Å². The Morgan fingerprint density at radius 2 is 0.426 bits per heavy atom. The van der Waals surface area contributed by atoms with Gasteiger partial charge in [-0.15, -0.1) is 0 Å². The smallest absolute Gasteiger partial charge is 0.200 e. The fourth-order valence-electron chi connectivity index (χ4n) is 18.6. The predicted octanol–water partition coefficient (Wildman–Crippen LogP) is 25.4. The molecule has 6 N–H and O–H groups in total. The van der Waals surface area contributed by atoms with Crippen LogP contribution in [0.2, 0.25) is 10.1 Å². The number of aliphatic hydroxyl groups excluding tert-OH is 2. The Morgan fingerprint density at radius 1 is 0.254 bits per heavy atom. The second kappa shape index (κ2) is 61.1. The molecule has 0 radical (unpaired) electrons. The molecule has 4 rings (SSSR count). The van der Waals surface area contributed by atoms with Gasteiger partial charge in [0.05, 0.1) is 11.5 Å². The number of rotatable bonds is 71. The molecule has 0 aliphatic carbocycles. The molecule has 12 heteroatoms.